The topological polar surface area (TPSA) is 66.0 Å². The van der Waals surface area contributed by atoms with E-state index in [1.54, 1.807) is 36.8 Å². The smallest absolute Gasteiger partial charge is 0.123 e. The molecule has 0 aliphatic rings. The number of aromatic amines is 1. The molecule has 26 heavy (non-hydrogen) atoms. The Labute approximate surface area is 153 Å². The molecular formula is C19H13ClFN5. The predicted molar refractivity (Wildman–Crippen MR) is 102 cm³/mol. The van der Waals surface area contributed by atoms with Crippen LogP contribution in [0.4, 0.5) is 10.1 Å². The van der Waals surface area contributed by atoms with Crippen molar-refractivity contribution < 1.29 is 4.39 Å². The fourth-order valence-electron chi connectivity index (χ4n) is 2.63. The molecule has 0 saturated carbocycles. The summed E-state index contributed by atoms with van der Waals surface area (Å²) in [6.07, 6.45) is 5.01. The molecule has 4 rings (SSSR count). The highest BCUT2D eigenvalue weighted by Gasteiger charge is 2.06. The van der Waals surface area contributed by atoms with E-state index in [9.17, 15) is 4.39 Å². The summed E-state index contributed by atoms with van der Waals surface area (Å²) < 4.78 is 13.1. The van der Waals surface area contributed by atoms with Gasteiger partial charge in [-0.1, -0.05) is 11.6 Å². The molecule has 2 N–H and O–H groups in total. The summed E-state index contributed by atoms with van der Waals surface area (Å²) in [5, 5.41) is 12.8. The number of benzene rings is 2. The van der Waals surface area contributed by atoms with Crippen LogP contribution in [-0.4, -0.2) is 21.4 Å². The van der Waals surface area contributed by atoms with Gasteiger partial charge in [-0.25, -0.2) is 4.39 Å². The van der Waals surface area contributed by atoms with Gasteiger partial charge in [-0.2, -0.15) is 10.2 Å². The number of pyridine rings is 1. The second-order valence-corrected chi connectivity index (χ2v) is 6.03. The Kier molecular flexibility index (Phi) is 4.33. The van der Waals surface area contributed by atoms with Crippen LogP contribution in [0.15, 0.2) is 66.0 Å². The Bertz CT molecular complexity index is 1090. The van der Waals surface area contributed by atoms with Crippen molar-refractivity contribution in [2.24, 2.45) is 5.10 Å². The van der Waals surface area contributed by atoms with Crippen LogP contribution < -0.4 is 5.43 Å². The molecule has 128 valence electrons. The zero-order valence-electron chi connectivity index (χ0n) is 13.4. The van der Waals surface area contributed by atoms with Crippen molar-refractivity contribution in [1.82, 2.24) is 15.2 Å². The molecule has 0 radical (unpaired) electrons. The van der Waals surface area contributed by atoms with E-state index in [2.05, 4.69) is 25.7 Å². The molecule has 0 aliphatic heterocycles. The van der Waals surface area contributed by atoms with E-state index in [1.165, 1.54) is 12.1 Å². The van der Waals surface area contributed by atoms with Crippen LogP contribution in [0.2, 0.25) is 5.02 Å². The van der Waals surface area contributed by atoms with Gasteiger partial charge in [0.25, 0.3) is 0 Å². The minimum atomic E-state index is -0.283. The second-order valence-electron chi connectivity index (χ2n) is 5.60. The predicted octanol–water partition coefficient (Wildman–Crippen LogP) is 4.86. The Hall–Kier alpha value is -3.25. The van der Waals surface area contributed by atoms with Gasteiger partial charge in [0.05, 0.1) is 29.3 Å². The summed E-state index contributed by atoms with van der Waals surface area (Å²) in [6.45, 7) is 0. The number of fused-ring (bicyclic) bond motifs is 1. The van der Waals surface area contributed by atoms with Crippen LogP contribution in [-0.2, 0) is 0 Å². The van der Waals surface area contributed by atoms with Gasteiger partial charge in [0.15, 0.2) is 0 Å². The number of rotatable bonds is 4. The van der Waals surface area contributed by atoms with Gasteiger partial charge in [-0.05, 0) is 48.5 Å². The summed E-state index contributed by atoms with van der Waals surface area (Å²) in [5.41, 5.74) is 6.99. The Morgan fingerprint density at radius 1 is 1.12 bits per heavy atom. The van der Waals surface area contributed by atoms with Crippen LogP contribution in [0.25, 0.3) is 22.2 Å². The normalized spacial score (nSPS) is 11.3. The number of hydrazone groups is 1. The Morgan fingerprint density at radius 2 is 1.96 bits per heavy atom. The van der Waals surface area contributed by atoms with E-state index in [0.29, 0.717) is 5.02 Å². The van der Waals surface area contributed by atoms with Crippen molar-refractivity contribution in [3.05, 3.63) is 77.3 Å². The molecule has 7 heteroatoms. The minimum Gasteiger partial charge on any atom is -0.278 e. The van der Waals surface area contributed by atoms with E-state index in [0.717, 1.165) is 33.4 Å². The lowest BCUT2D eigenvalue weighted by Gasteiger charge is -2.05. The van der Waals surface area contributed by atoms with E-state index >= 15 is 0 Å². The number of nitrogens with zero attached hydrogens (tertiary/aromatic N) is 3. The minimum absolute atomic E-state index is 0.283. The first-order valence-corrected chi connectivity index (χ1v) is 8.21. The molecule has 0 saturated heterocycles. The summed E-state index contributed by atoms with van der Waals surface area (Å²) in [4.78, 5) is 4.30. The number of nitrogens with one attached hydrogen (secondary N) is 2. The van der Waals surface area contributed by atoms with Gasteiger partial charge in [0.1, 0.15) is 5.82 Å². The summed E-state index contributed by atoms with van der Waals surface area (Å²) in [7, 11) is 0. The first kappa shape index (κ1) is 16.2. The highest BCUT2D eigenvalue weighted by atomic mass is 35.5. The van der Waals surface area contributed by atoms with Crippen LogP contribution in [0.5, 0.6) is 0 Å². The van der Waals surface area contributed by atoms with Gasteiger partial charge in [-0.15, -0.1) is 0 Å². The van der Waals surface area contributed by atoms with Gasteiger partial charge >= 0.3 is 0 Å². The van der Waals surface area contributed by atoms with Gasteiger partial charge in [0, 0.05) is 27.7 Å². The summed E-state index contributed by atoms with van der Waals surface area (Å²) >= 11 is 6.00. The maximum Gasteiger partial charge on any atom is 0.123 e. The third kappa shape index (κ3) is 3.27. The van der Waals surface area contributed by atoms with Crippen molar-refractivity contribution in [3.63, 3.8) is 0 Å². The molecule has 0 fully saturated rings. The Morgan fingerprint density at radius 3 is 2.81 bits per heavy atom. The number of H-pyrrole nitrogens is 1. The average molecular weight is 366 g/mol. The van der Waals surface area contributed by atoms with Crippen LogP contribution >= 0.6 is 11.6 Å². The van der Waals surface area contributed by atoms with E-state index in [4.69, 9.17) is 11.6 Å². The molecule has 5 nitrogen and oxygen atoms in total. The quantitative estimate of drug-likeness (QED) is 0.401. The summed E-state index contributed by atoms with van der Waals surface area (Å²) in [5.74, 6) is -0.283. The van der Waals surface area contributed by atoms with Crippen molar-refractivity contribution >= 4 is 34.4 Å². The monoisotopic (exact) mass is 365 g/mol. The number of hydrogen-bond donors (Lipinski definition) is 2. The molecule has 2 aromatic carbocycles. The molecule has 0 bridgehead atoms. The molecule has 2 heterocycles. The van der Waals surface area contributed by atoms with Gasteiger partial charge in [-0.3, -0.25) is 15.5 Å². The van der Waals surface area contributed by atoms with E-state index in [-0.39, 0.29) is 5.82 Å². The highest BCUT2D eigenvalue weighted by Crippen LogP contribution is 2.24. The number of aromatic nitrogens is 3. The first-order valence-electron chi connectivity index (χ1n) is 7.83. The summed E-state index contributed by atoms with van der Waals surface area (Å²) in [6, 6.07) is 13.5. The van der Waals surface area contributed by atoms with Crippen LogP contribution in [0.3, 0.4) is 0 Å². The van der Waals surface area contributed by atoms with E-state index < -0.39 is 0 Å². The maximum atomic E-state index is 13.1. The zero-order chi connectivity index (χ0) is 17.9. The molecule has 0 atom stereocenters. The fourth-order valence-corrected chi connectivity index (χ4v) is 2.80. The number of halogens is 2. The zero-order valence-corrected chi connectivity index (χ0v) is 14.2. The second kappa shape index (κ2) is 6.93. The number of hydrogen-bond acceptors (Lipinski definition) is 4. The molecule has 2 aromatic heterocycles. The van der Waals surface area contributed by atoms with E-state index in [1.807, 2.05) is 18.2 Å². The molecule has 0 aliphatic carbocycles. The van der Waals surface area contributed by atoms with Crippen molar-refractivity contribution in [1.29, 1.82) is 0 Å². The van der Waals surface area contributed by atoms with Gasteiger partial charge < -0.3 is 0 Å². The fraction of sp³-hybridized carbons (Fsp3) is 0. The SMILES string of the molecule is Fc1ccc(-c2[nH]ncc2C=NNc2ccnc3cc(Cl)ccc23)cc1. The average Bonchev–Trinajstić information content (AvgIpc) is 3.11. The third-order valence-corrected chi connectivity index (χ3v) is 4.13. The highest BCUT2D eigenvalue weighted by molar-refractivity contribution is 6.31. The van der Waals surface area contributed by atoms with Crippen molar-refractivity contribution in [3.8, 4) is 11.3 Å². The lowest BCUT2D eigenvalue weighted by molar-refractivity contribution is 0.628. The Balaban J connectivity index is 1.59. The lowest BCUT2D eigenvalue weighted by atomic mass is 10.1. The van der Waals surface area contributed by atoms with Crippen LogP contribution in [0.1, 0.15) is 5.56 Å². The van der Waals surface area contributed by atoms with Crippen molar-refractivity contribution in [2.75, 3.05) is 5.43 Å². The first-order chi connectivity index (χ1) is 12.7. The molecule has 0 amide bonds. The molecule has 0 spiro atoms. The number of anilines is 1. The lowest BCUT2D eigenvalue weighted by Crippen LogP contribution is -1.93. The van der Waals surface area contributed by atoms with Crippen LogP contribution in [0, 0.1) is 5.82 Å². The molecular weight excluding hydrogens is 353 g/mol. The molecule has 0 unspecified atom stereocenters. The van der Waals surface area contributed by atoms with Crippen molar-refractivity contribution in [2.45, 2.75) is 0 Å². The van der Waals surface area contributed by atoms with Gasteiger partial charge in [0.2, 0.25) is 0 Å². The maximum absolute atomic E-state index is 13.1. The largest absolute Gasteiger partial charge is 0.278 e. The standard InChI is InChI=1S/C19H13ClFN5/c20-14-3-6-16-17(7-8-22-18(16)9-14)25-23-10-13-11-24-26-19(13)12-1-4-15(21)5-2-12/h1-11H,(H,22,25)(H,24,26). The third-order valence-electron chi connectivity index (χ3n) is 3.89. The molecule has 4 aromatic rings.